The first kappa shape index (κ1) is 11.6. The summed E-state index contributed by atoms with van der Waals surface area (Å²) in [5.41, 5.74) is -1.25. The quantitative estimate of drug-likeness (QED) is 0.773. The highest BCUT2D eigenvalue weighted by atomic mass is 16.3. The second-order valence-corrected chi connectivity index (χ2v) is 4.40. The lowest BCUT2D eigenvalue weighted by molar-refractivity contribution is 0.266. The summed E-state index contributed by atoms with van der Waals surface area (Å²) in [7, 11) is 0. The second-order valence-electron chi connectivity index (χ2n) is 4.40. The molecule has 2 N–H and O–H groups in total. The van der Waals surface area contributed by atoms with Gasteiger partial charge >= 0.3 is 5.69 Å². The Hall–Kier alpha value is -1.52. The zero-order chi connectivity index (χ0) is 11.6. The minimum Gasteiger partial charge on any atom is -0.494 e. The van der Waals surface area contributed by atoms with Crippen LogP contribution in [0.4, 0.5) is 0 Å². The summed E-state index contributed by atoms with van der Waals surface area (Å²) in [5, 5.41) is 9.47. The molecule has 0 saturated heterocycles. The van der Waals surface area contributed by atoms with Crippen LogP contribution in [0.2, 0.25) is 0 Å². The number of aromatic amines is 1. The van der Waals surface area contributed by atoms with Crippen molar-refractivity contribution in [1.29, 1.82) is 0 Å². The lowest BCUT2D eigenvalue weighted by Crippen LogP contribution is -2.33. The summed E-state index contributed by atoms with van der Waals surface area (Å²) in [6, 6.07) is 1.01. The molecule has 0 bridgehead atoms. The molecule has 5 heteroatoms. The van der Waals surface area contributed by atoms with Crippen LogP contribution in [-0.2, 0) is 6.54 Å². The Labute approximate surface area is 87.4 Å². The molecule has 0 fully saturated rings. The first-order chi connectivity index (χ1) is 6.85. The second kappa shape index (κ2) is 3.92. The Bertz CT molecular complexity index is 456. The van der Waals surface area contributed by atoms with Crippen LogP contribution in [0, 0.1) is 5.41 Å². The van der Waals surface area contributed by atoms with Gasteiger partial charge in [-0.2, -0.15) is 0 Å². The molecule has 1 heterocycles. The van der Waals surface area contributed by atoms with Gasteiger partial charge in [0, 0.05) is 6.54 Å². The van der Waals surface area contributed by atoms with Gasteiger partial charge in [-0.1, -0.05) is 20.8 Å². The predicted octanol–water partition coefficient (Wildman–Crippen LogP) is 0.678. The normalized spacial score (nSPS) is 11.7. The molecule has 1 rings (SSSR count). The van der Waals surface area contributed by atoms with E-state index in [0.717, 1.165) is 12.5 Å². The van der Waals surface area contributed by atoms with Crippen LogP contribution in [0.15, 0.2) is 15.7 Å². The van der Waals surface area contributed by atoms with Crippen LogP contribution in [-0.4, -0.2) is 14.7 Å². The van der Waals surface area contributed by atoms with Gasteiger partial charge in [-0.15, -0.1) is 0 Å². The summed E-state index contributed by atoms with van der Waals surface area (Å²) in [6.07, 6.45) is 0.873. The third kappa shape index (κ3) is 2.71. The highest BCUT2D eigenvalue weighted by molar-refractivity contribution is 5.06. The topological polar surface area (TPSA) is 75.1 Å². The predicted molar refractivity (Wildman–Crippen MR) is 57.1 cm³/mol. The SMILES string of the molecule is CCC(C)(C)Cn1c(O)cc(=O)[nH]c1=O. The molecule has 0 saturated carbocycles. The van der Waals surface area contributed by atoms with Crippen molar-refractivity contribution < 1.29 is 5.11 Å². The van der Waals surface area contributed by atoms with Gasteiger partial charge in [-0.05, 0) is 11.8 Å². The fourth-order valence-electron chi connectivity index (χ4n) is 1.20. The monoisotopic (exact) mass is 212 g/mol. The van der Waals surface area contributed by atoms with Crippen molar-refractivity contribution in [3.8, 4) is 5.88 Å². The smallest absolute Gasteiger partial charge is 0.331 e. The average Bonchev–Trinajstić information content (AvgIpc) is 2.11. The maximum Gasteiger partial charge on any atom is 0.331 e. The lowest BCUT2D eigenvalue weighted by atomic mass is 9.90. The van der Waals surface area contributed by atoms with Gasteiger partial charge in [0.15, 0.2) is 0 Å². The molecule has 84 valence electrons. The Morgan fingerprint density at radius 1 is 1.47 bits per heavy atom. The minimum atomic E-state index is -0.581. The van der Waals surface area contributed by atoms with Gasteiger partial charge in [0.25, 0.3) is 5.56 Å². The van der Waals surface area contributed by atoms with E-state index in [1.807, 2.05) is 20.8 Å². The van der Waals surface area contributed by atoms with Crippen molar-refractivity contribution in [2.45, 2.75) is 33.7 Å². The van der Waals surface area contributed by atoms with Crippen molar-refractivity contribution in [3.63, 3.8) is 0 Å². The number of aromatic nitrogens is 2. The van der Waals surface area contributed by atoms with Gasteiger partial charge in [0.05, 0.1) is 6.07 Å². The van der Waals surface area contributed by atoms with Crippen molar-refractivity contribution >= 4 is 0 Å². The van der Waals surface area contributed by atoms with Gasteiger partial charge < -0.3 is 5.11 Å². The van der Waals surface area contributed by atoms with Gasteiger partial charge in [0.1, 0.15) is 0 Å². The van der Waals surface area contributed by atoms with Gasteiger partial charge in [0.2, 0.25) is 5.88 Å². The largest absolute Gasteiger partial charge is 0.494 e. The van der Waals surface area contributed by atoms with E-state index in [1.54, 1.807) is 0 Å². The number of hydrogen-bond acceptors (Lipinski definition) is 3. The molecule has 15 heavy (non-hydrogen) atoms. The maximum absolute atomic E-state index is 11.4. The fourth-order valence-corrected chi connectivity index (χ4v) is 1.20. The molecule has 0 aromatic carbocycles. The third-order valence-electron chi connectivity index (χ3n) is 2.56. The van der Waals surface area contributed by atoms with Crippen LogP contribution in [0.25, 0.3) is 0 Å². The molecule has 0 unspecified atom stereocenters. The van der Waals surface area contributed by atoms with E-state index in [4.69, 9.17) is 0 Å². The number of hydrogen-bond donors (Lipinski definition) is 2. The van der Waals surface area contributed by atoms with E-state index < -0.39 is 11.2 Å². The highest BCUT2D eigenvalue weighted by Gasteiger charge is 2.18. The number of nitrogens with zero attached hydrogens (tertiary/aromatic N) is 1. The van der Waals surface area contributed by atoms with Crippen LogP contribution < -0.4 is 11.2 Å². The summed E-state index contributed by atoms with van der Waals surface area (Å²) in [4.78, 5) is 24.4. The van der Waals surface area contributed by atoms with Crippen molar-refractivity contribution in [2.24, 2.45) is 5.41 Å². The molecule has 0 radical (unpaired) electrons. The average molecular weight is 212 g/mol. The molecule has 5 nitrogen and oxygen atoms in total. The first-order valence-electron chi connectivity index (χ1n) is 4.89. The summed E-state index contributed by atoms with van der Waals surface area (Å²) in [6.45, 7) is 6.37. The molecular formula is C10H16N2O3. The molecule has 0 atom stereocenters. The first-order valence-corrected chi connectivity index (χ1v) is 4.89. The van der Waals surface area contributed by atoms with Gasteiger partial charge in [-0.25, -0.2) is 4.79 Å². The van der Waals surface area contributed by atoms with Gasteiger partial charge in [-0.3, -0.25) is 14.3 Å². The number of rotatable bonds is 3. The lowest BCUT2D eigenvalue weighted by Gasteiger charge is -2.23. The van der Waals surface area contributed by atoms with Crippen molar-refractivity contribution in [2.75, 3.05) is 0 Å². The van der Waals surface area contributed by atoms with Crippen LogP contribution >= 0.6 is 0 Å². The van der Waals surface area contributed by atoms with E-state index in [0.29, 0.717) is 6.54 Å². The molecule has 1 aromatic heterocycles. The Morgan fingerprint density at radius 3 is 2.53 bits per heavy atom. The third-order valence-corrected chi connectivity index (χ3v) is 2.56. The zero-order valence-electron chi connectivity index (χ0n) is 9.20. The van der Waals surface area contributed by atoms with Crippen LogP contribution in [0.1, 0.15) is 27.2 Å². The Morgan fingerprint density at radius 2 is 2.07 bits per heavy atom. The van der Waals surface area contributed by atoms with E-state index in [-0.39, 0.29) is 11.3 Å². The van der Waals surface area contributed by atoms with Crippen molar-refractivity contribution in [1.82, 2.24) is 9.55 Å². The Kier molecular flexibility index (Phi) is 3.02. The highest BCUT2D eigenvalue weighted by Crippen LogP contribution is 2.22. The summed E-state index contributed by atoms with van der Waals surface area (Å²) in [5.74, 6) is -0.287. The molecule has 1 aromatic rings. The minimum absolute atomic E-state index is 0.0977. The fraction of sp³-hybridized carbons (Fsp3) is 0.600. The number of H-pyrrole nitrogens is 1. The molecule has 0 aliphatic carbocycles. The van der Waals surface area contributed by atoms with E-state index >= 15 is 0 Å². The van der Waals surface area contributed by atoms with E-state index in [9.17, 15) is 14.7 Å². The molecule has 0 amide bonds. The van der Waals surface area contributed by atoms with Crippen LogP contribution in [0.3, 0.4) is 0 Å². The molecule has 0 aliphatic rings. The van der Waals surface area contributed by atoms with Crippen molar-refractivity contribution in [3.05, 3.63) is 26.9 Å². The summed E-state index contributed by atoms with van der Waals surface area (Å²) >= 11 is 0. The molecule has 0 spiro atoms. The van der Waals surface area contributed by atoms with Crippen LogP contribution in [0.5, 0.6) is 5.88 Å². The maximum atomic E-state index is 11.4. The number of aromatic hydroxyl groups is 1. The molecular weight excluding hydrogens is 196 g/mol. The summed E-state index contributed by atoms with van der Waals surface area (Å²) < 4.78 is 1.17. The zero-order valence-corrected chi connectivity index (χ0v) is 9.20. The Balaban J connectivity index is 3.17. The van der Waals surface area contributed by atoms with E-state index in [1.165, 1.54) is 4.57 Å². The number of nitrogens with one attached hydrogen (secondary N) is 1. The van der Waals surface area contributed by atoms with E-state index in [2.05, 4.69) is 4.98 Å². The molecule has 0 aliphatic heterocycles. The standard InChI is InChI=1S/C10H16N2O3/c1-4-10(2,3)6-12-8(14)5-7(13)11-9(12)15/h5,14H,4,6H2,1-3H3,(H,11,13,15).